The van der Waals surface area contributed by atoms with Crippen LogP contribution in [0.25, 0.3) is 0 Å². The van der Waals surface area contributed by atoms with Crippen LogP contribution in [0.1, 0.15) is 68.5 Å². The Hall–Kier alpha value is -3.22. The van der Waals surface area contributed by atoms with Crippen LogP contribution in [0.3, 0.4) is 0 Å². The fourth-order valence-electron chi connectivity index (χ4n) is 3.23. The highest BCUT2D eigenvalue weighted by molar-refractivity contribution is 5.77. The Morgan fingerprint density at radius 3 is 2.16 bits per heavy atom. The Labute approximate surface area is 189 Å². The summed E-state index contributed by atoms with van der Waals surface area (Å²) >= 11 is 0. The van der Waals surface area contributed by atoms with Gasteiger partial charge >= 0.3 is 17.9 Å². The lowest BCUT2D eigenvalue weighted by Gasteiger charge is -2.17. The summed E-state index contributed by atoms with van der Waals surface area (Å²) in [7, 11) is 0. The first-order valence-corrected chi connectivity index (χ1v) is 10.6. The maximum atomic E-state index is 12.7. The molecule has 0 bridgehead atoms. The molecule has 7 heteroatoms. The van der Waals surface area contributed by atoms with Crippen molar-refractivity contribution in [2.45, 2.75) is 67.1 Å². The van der Waals surface area contributed by atoms with Gasteiger partial charge in [0.25, 0.3) is 0 Å². The van der Waals surface area contributed by atoms with Crippen LogP contribution in [-0.2, 0) is 43.5 Å². The molecular formula is C25H31NO6. The fraction of sp³-hybridized carbons (Fsp3) is 0.440. The Bertz CT molecular complexity index is 965. The molecule has 0 N–H and O–H groups in total. The number of benzene rings is 1. The molecule has 2 aromatic rings. The average Bonchev–Trinajstić information content (AvgIpc) is 2.72. The van der Waals surface area contributed by atoms with Crippen LogP contribution in [0, 0.1) is 12.8 Å². The third kappa shape index (κ3) is 7.18. The normalized spacial score (nSPS) is 11.7. The van der Waals surface area contributed by atoms with E-state index in [1.165, 1.54) is 25.6 Å². The van der Waals surface area contributed by atoms with Gasteiger partial charge in [-0.1, -0.05) is 38.1 Å². The molecule has 0 aliphatic carbocycles. The van der Waals surface area contributed by atoms with E-state index in [9.17, 15) is 14.4 Å². The van der Waals surface area contributed by atoms with Crippen LogP contribution in [-0.4, -0.2) is 22.9 Å². The van der Waals surface area contributed by atoms with Crippen molar-refractivity contribution < 1.29 is 28.6 Å². The van der Waals surface area contributed by atoms with Crippen molar-refractivity contribution in [2.24, 2.45) is 5.92 Å². The van der Waals surface area contributed by atoms with Crippen molar-refractivity contribution in [2.75, 3.05) is 0 Å². The molecule has 1 atom stereocenters. The minimum atomic E-state index is -0.525. The van der Waals surface area contributed by atoms with Gasteiger partial charge in [0, 0.05) is 31.2 Å². The zero-order valence-electron chi connectivity index (χ0n) is 19.6. The smallest absolute Gasteiger partial charge is 0.313 e. The number of hydrogen-bond acceptors (Lipinski definition) is 7. The summed E-state index contributed by atoms with van der Waals surface area (Å²) in [6.45, 7) is 10.1. The number of pyridine rings is 1. The molecule has 32 heavy (non-hydrogen) atoms. The highest BCUT2D eigenvalue weighted by Crippen LogP contribution is 2.28. The lowest BCUT2D eigenvalue weighted by molar-refractivity contribution is -0.147. The first-order chi connectivity index (χ1) is 15.1. The van der Waals surface area contributed by atoms with Crippen LogP contribution >= 0.6 is 0 Å². The lowest BCUT2D eigenvalue weighted by atomic mass is 9.97. The minimum Gasteiger partial charge on any atom is -0.461 e. The van der Waals surface area contributed by atoms with Crippen LogP contribution in [0.15, 0.2) is 30.5 Å². The Morgan fingerprint density at radius 2 is 1.59 bits per heavy atom. The number of nitrogens with zero attached hydrogens (tertiary/aromatic N) is 1. The third-order valence-electron chi connectivity index (χ3n) is 4.92. The van der Waals surface area contributed by atoms with Crippen LogP contribution < -0.4 is 4.74 Å². The number of aryl methyl sites for hydroxylation is 1. The second-order valence-corrected chi connectivity index (χ2v) is 8.22. The molecule has 0 fully saturated rings. The van der Waals surface area contributed by atoms with Gasteiger partial charge < -0.3 is 14.2 Å². The number of ether oxygens (including phenoxy) is 3. The highest BCUT2D eigenvalue weighted by atomic mass is 16.5. The monoisotopic (exact) mass is 441 g/mol. The summed E-state index contributed by atoms with van der Waals surface area (Å²) in [5, 5.41) is 0. The molecule has 2 rings (SSSR count). The third-order valence-corrected chi connectivity index (χ3v) is 4.92. The van der Waals surface area contributed by atoms with Gasteiger partial charge in [0.15, 0.2) is 5.75 Å². The van der Waals surface area contributed by atoms with E-state index < -0.39 is 23.8 Å². The highest BCUT2D eigenvalue weighted by Gasteiger charge is 2.21. The van der Waals surface area contributed by atoms with Crippen LogP contribution in [0.4, 0.5) is 0 Å². The molecule has 0 aliphatic rings. The molecule has 1 heterocycles. The molecule has 1 unspecified atom stereocenters. The molecule has 7 nitrogen and oxygen atoms in total. The fourth-order valence-corrected chi connectivity index (χ4v) is 3.23. The summed E-state index contributed by atoms with van der Waals surface area (Å²) in [4.78, 5) is 39.7. The first kappa shape index (κ1) is 25.0. The zero-order chi connectivity index (χ0) is 23.8. The topological polar surface area (TPSA) is 91.8 Å². The predicted molar refractivity (Wildman–Crippen MR) is 119 cm³/mol. The maximum Gasteiger partial charge on any atom is 0.313 e. The van der Waals surface area contributed by atoms with Gasteiger partial charge in [0.05, 0.1) is 11.6 Å². The van der Waals surface area contributed by atoms with E-state index in [-0.39, 0.29) is 19.0 Å². The summed E-state index contributed by atoms with van der Waals surface area (Å²) in [6.07, 6.45) is 2.51. The molecule has 1 aromatic heterocycles. The molecular weight excluding hydrogens is 410 g/mol. The molecule has 1 aromatic carbocycles. The van der Waals surface area contributed by atoms with Gasteiger partial charge in [-0.15, -0.1) is 0 Å². The number of aromatic nitrogens is 1. The standard InChI is InChI=1S/C25H31NO6/c1-15(2)11-20-7-9-21(10-8-20)16(3)25(29)31-13-22-12-26-17(4)24(32-19(6)28)23(22)14-30-18(5)27/h7-10,12,15-16H,11,13-14H2,1-6H3. The Morgan fingerprint density at radius 1 is 0.938 bits per heavy atom. The summed E-state index contributed by atoms with van der Waals surface area (Å²) in [5.74, 6) is -1.08. The van der Waals surface area contributed by atoms with Crippen LogP contribution in [0.5, 0.6) is 5.75 Å². The van der Waals surface area contributed by atoms with E-state index >= 15 is 0 Å². The molecule has 172 valence electrons. The van der Waals surface area contributed by atoms with Gasteiger partial charge in [0.1, 0.15) is 13.2 Å². The van der Waals surface area contributed by atoms with Gasteiger partial charge in [-0.3, -0.25) is 19.4 Å². The number of esters is 3. The lowest BCUT2D eigenvalue weighted by Crippen LogP contribution is -2.16. The van der Waals surface area contributed by atoms with Gasteiger partial charge in [-0.25, -0.2) is 0 Å². The molecule has 0 saturated heterocycles. The number of rotatable bonds is 9. The number of carbonyl (C=O) groups is 3. The average molecular weight is 442 g/mol. The predicted octanol–water partition coefficient (Wildman–Crippen LogP) is 4.42. The van der Waals surface area contributed by atoms with Gasteiger partial charge in [-0.2, -0.15) is 0 Å². The van der Waals surface area contributed by atoms with Crippen molar-refractivity contribution in [3.05, 3.63) is 58.4 Å². The molecule has 0 aliphatic heterocycles. The summed E-state index contributed by atoms with van der Waals surface area (Å²) in [5.41, 5.74) is 3.50. The molecule has 0 amide bonds. The molecule has 0 spiro atoms. The quantitative estimate of drug-likeness (QED) is 0.532. The summed E-state index contributed by atoms with van der Waals surface area (Å²) < 4.78 is 15.9. The van der Waals surface area contributed by atoms with Crippen LogP contribution in [0.2, 0.25) is 0 Å². The Kier molecular flexibility index (Phi) is 8.93. The maximum absolute atomic E-state index is 12.7. The van der Waals surface area contributed by atoms with E-state index in [0.29, 0.717) is 22.7 Å². The van der Waals surface area contributed by atoms with E-state index in [0.717, 1.165) is 12.0 Å². The van der Waals surface area contributed by atoms with E-state index in [2.05, 4.69) is 18.8 Å². The zero-order valence-corrected chi connectivity index (χ0v) is 19.6. The second kappa shape index (κ2) is 11.4. The van der Waals surface area contributed by atoms with Crippen molar-refractivity contribution in [3.63, 3.8) is 0 Å². The van der Waals surface area contributed by atoms with Crippen molar-refractivity contribution in [1.29, 1.82) is 0 Å². The summed E-state index contributed by atoms with van der Waals surface area (Å²) in [6, 6.07) is 7.96. The number of carbonyl (C=O) groups excluding carboxylic acids is 3. The second-order valence-electron chi connectivity index (χ2n) is 8.22. The molecule has 0 radical (unpaired) electrons. The van der Waals surface area contributed by atoms with E-state index in [1.54, 1.807) is 13.8 Å². The molecule has 0 saturated carbocycles. The Balaban J connectivity index is 2.16. The van der Waals surface area contributed by atoms with Crippen molar-refractivity contribution in [1.82, 2.24) is 4.98 Å². The van der Waals surface area contributed by atoms with Crippen molar-refractivity contribution >= 4 is 17.9 Å². The van der Waals surface area contributed by atoms with E-state index in [4.69, 9.17) is 14.2 Å². The van der Waals surface area contributed by atoms with E-state index in [1.807, 2.05) is 24.3 Å². The van der Waals surface area contributed by atoms with Crippen molar-refractivity contribution in [3.8, 4) is 5.75 Å². The van der Waals surface area contributed by atoms with Gasteiger partial charge in [0.2, 0.25) is 0 Å². The minimum absolute atomic E-state index is 0.0905. The van der Waals surface area contributed by atoms with Gasteiger partial charge in [-0.05, 0) is 37.3 Å². The first-order valence-electron chi connectivity index (χ1n) is 10.6. The largest absolute Gasteiger partial charge is 0.461 e. The number of hydrogen-bond donors (Lipinski definition) is 0. The SMILES string of the molecule is CC(=O)OCc1c(COC(=O)C(C)c2ccc(CC(C)C)cc2)cnc(C)c1OC(C)=O.